The Kier molecular flexibility index (Phi) is 5.95. The molecule has 5 heteroatoms. The quantitative estimate of drug-likeness (QED) is 0.507. The molecule has 152 valence electrons. The molecule has 0 aromatic carbocycles. The molecule has 0 aromatic heterocycles. The number of rotatable bonds is 6. The van der Waals surface area contributed by atoms with Gasteiger partial charge in [-0.1, -0.05) is 26.8 Å². The first-order valence-electron chi connectivity index (χ1n) is 10.0. The van der Waals surface area contributed by atoms with Crippen molar-refractivity contribution in [3.63, 3.8) is 0 Å². The van der Waals surface area contributed by atoms with Crippen molar-refractivity contribution in [2.24, 2.45) is 0 Å². The molecule has 0 radical (unpaired) electrons. The standard InChI is InChI=1S/C21H40O4Si/c1-10-14-20(7,22)15-21-16(23-19(5,6)25-21)12-11-13-17(21)24-26(8,9)18(2,3)4/h10,16-17,22H,1,11-15H2,2-9H3/t16-,17+,20+,21-/m1/s1. The Labute approximate surface area is 161 Å². The fourth-order valence-electron chi connectivity index (χ4n) is 4.23. The molecule has 0 aromatic rings. The Morgan fingerprint density at radius 2 is 1.85 bits per heavy atom. The van der Waals surface area contributed by atoms with Crippen LogP contribution in [0.5, 0.6) is 0 Å². The van der Waals surface area contributed by atoms with E-state index in [4.69, 9.17) is 13.9 Å². The number of ether oxygens (including phenoxy) is 2. The number of fused-ring (bicyclic) bond motifs is 1. The minimum absolute atomic E-state index is 0.0442. The molecule has 1 aliphatic carbocycles. The van der Waals surface area contributed by atoms with E-state index in [0.29, 0.717) is 12.8 Å². The maximum absolute atomic E-state index is 11.0. The Morgan fingerprint density at radius 1 is 1.23 bits per heavy atom. The first-order chi connectivity index (χ1) is 11.6. The summed E-state index contributed by atoms with van der Waals surface area (Å²) in [6, 6.07) is 0. The molecule has 1 aliphatic heterocycles. The van der Waals surface area contributed by atoms with Gasteiger partial charge in [0.15, 0.2) is 14.1 Å². The molecule has 0 bridgehead atoms. The van der Waals surface area contributed by atoms with Gasteiger partial charge in [0.2, 0.25) is 0 Å². The second kappa shape index (κ2) is 7.00. The summed E-state index contributed by atoms with van der Waals surface area (Å²) >= 11 is 0. The molecule has 1 heterocycles. The third-order valence-corrected chi connectivity index (χ3v) is 10.9. The molecule has 4 atom stereocenters. The maximum Gasteiger partial charge on any atom is 0.192 e. The zero-order valence-corrected chi connectivity index (χ0v) is 19.1. The fourth-order valence-corrected chi connectivity index (χ4v) is 5.61. The van der Waals surface area contributed by atoms with Crippen LogP contribution in [0, 0.1) is 0 Å². The van der Waals surface area contributed by atoms with E-state index in [1.165, 1.54) is 0 Å². The lowest BCUT2D eigenvalue weighted by atomic mass is 9.73. The third-order valence-electron chi connectivity index (χ3n) is 6.37. The van der Waals surface area contributed by atoms with Gasteiger partial charge in [0.1, 0.15) is 5.60 Å². The van der Waals surface area contributed by atoms with Crippen molar-refractivity contribution in [3.8, 4) is 0 Å². The molecule has 0 amide bonds. The predicted octanol–water partition coefficient (Wildman–Crippen LogP) is 5.17. The Balaban J connectivity index is 2.40. The summed E-state index contributed by atoms with van der Waals surface area (Å²) in [5, 5.41) is 11.1. The molecule has 0 unspecified atom stereocenters. The van der Waals surface area contributed by atoms with Gasteiger partial charge in [-0.3, -0.25) is 0 Å². The van der Waals surface area contributed by atoms with Crippen LogP contribution in [0.25, 0.3) is 0 Å². The van der Waals surface area contributed by atoms with Crippen LogP contribution >= 0.6 is 0 Å². The number of hydrogen-bond acceptors (Lipinski definition) is 4. The van der Waals surface area contributed by atoms with Gasteiger partial charge in [0.25, 0.3) is 0 Å². The highest BCUT2D eigenvalue weighted by Crippen LogP contribution is 2.52. The molecular formula is C21H40O4Si. The first kappa shape index (κ1) is 22.1. The molecule has 1 saturated heterocycles. The lowest BCUT2D eigenvalue weighted by Gasteiger charge is -2.50. The molecule has 4 nitrogen and oxygen atoms in total. The second-order valence-electron chi connectivity index (χ2n) is 10.5. The molecule has 2 fully saturated rings. The fraction of sp³-hybridized carbons (Fsp3) is 0.905. The summed E-state index contributed by atoms with van der Waals surface area (Å²) in [5.41, 5.74) is -1.50. The summed E-state index contributed by atoms with van der Waals surface area (Å²) in [6.45, 7) is 21.0. The summed E-state index contributed by atoms with van der Waals surface area (Å²) in [5.74, 6) is -0.658. The van der Waals surface area contributed by atoms with E-state index in [1.807, 2.05) is 20.8 Å². The van der Waals surface area contributed by atoms with Crippen molar-refractivity contribution in [3.05, 3.63) is 12.7 Å². The Bertz CT molecular complexity index is 521. The Hall–Kier alpha value is -0.203. The van der Waals surface area contributed by atoms with Crippen LogP contribution in [0.2, 0.25) is 18.1 Å². The molecule has 1 N–H and O–H groups in total. The molecule has 1 saturated carbocycles. The second-order valence-corrected chi connectivity index (χ2v) is 15.3. The average molecular weight is 385 g/mol. The van der Waals surface area contributed by atoms with Crippen LogP contribution in [0.4, 0.5) is 0 Å². The zero-order chi connectivity index (χ0) is 20.0. The van der Waals surface area contributed by atoms with Gasteiger partial charge in [0, 0.05) is 6.42 Å². The van der Waals surface area contributed by atoms with Gasteiger partial charge in [0.05, 0.1) is 17.8 Å². The van der Waals surface area contributed by atoms with E-state index in [-0.39, 0.29) is 17.2 Å². The van der Waals surface area contributed by atoms with Crippen LogP contribution < -0.4 is 0 Å². The largest absolute Gasteiger partial charge is 0.411 e. The summed E-state index contributed by atoms with van der Waals surface area (Å²) in [4.78, 5) is 0. The predicted molar refractivity (Wildman–Crippen MR) is 109 cm³/mol. The summed E-state index contributed by atoms with van der Waals surface area (Å²) in [7, 11) is -1.98. The highest BCUT2D eigenvalue weighted by Gasteiger charge is 2.62. The number of hydrogen-bond donors (Lipinski definition) is 1. The van der Waals surface area contributed by atoms with Gasteiger partial charge in [-0.25, -0.2) is 0 Å². The Morgan fingerprint density at radius 3 is 2.38 bits per heavy atom. The van der Waals surface area contributed by atoms with E-state index in [9.17, 15) is 5.11 Å². The third kappa shape index (κ3) is 4.44. The van der Waals surface area contributed by atoms with E-state index in [0.717, 1.165) is 19.3 Å². The topological polar surface area (TPSA) is 47.9 Å². The lowest BCUT2D eigenvalue weighted by molar-refractivity contribution is -0.198. The van der Waals surface area contributed by atoms with Crippen LogP contribution in [0.1, 0.15) is 73.6 Å². The van der Waals surface area contributed by atoms with Crippen molar-refractivity contribution in [1.82, 2.24) is 0 Å². The minimum atomic E-state index is -1.98. The number of aliphatic hydroxyl groups is 1. The zero-order valence-electron chi connectivity index (χ0n) is 18.1. The molecule has 2 rings (SSSR count). The van der Waals surface area contributed by atoms with Crippen LogP contribution in [0.3, 0.4) is 0 Å². The highest BCUT2D eigenvalue weighted by molar-refractivity contribution is 6.74. The van der Waals surface area contributed by atoms with E-state index >= 15 is 0 Å². The molecule has 2 aliphatic rings. The normalized spacial score (nSPS) is 34.2. The summed E-state index contributed by atoms with van der Waals surface area (Å²) in [6.07, 6.45) is 5.67. The van der Waals surface area contributed by atoms with Crippen molar-refractivity contribution < 1.29 is 19.0 Å². The monoisotopic (exact) mass is 384 g/mol. The smallest absolute Gasteiger partial charge is 0.192 e. The first-order valence-corrected chi connectivity index (χ1v) is 12.9. The van der Waals surface area contributed by atoms with Gasteiger partial charge < -0.3 is 19.0 Å². The van der Waals surface area contributed by atoms with Crippen molar-refractivity contribution in [2.45, 2.75) is 121 Å². The van der Waals surface area contributed by atoms with E-state index < -0.39 is 25.3 Å². The van der Waals surface area contributed by atoms with Crippen molar-refractivity contribution >= 4 is 8.32 Å². The van der Waals surface area contributed by atoms with E-state index in [1.54, 1.807) is 6.08 Å². The highest BCUT2D eigenvalue weighted by atomic mass is 28.4. The van der Waals surface area contributed by atoms with Crippen molar-refractivity contribution in [1.29, 1.82) is 0 Å². The van der Waals surface area contributed by atoms with Gasteiger partial charge in [-0.2, -0.15) is 0 Å². The van der Waals surface area contributed by atoms with Crippen LogP contribution in [-0.4, -0.2) is 42.6 Å². The maximum atomic E-state index is 11.0. The van der Waals surface area contributed by atoms with Gasteiger partial charge in [-0.15, -0.1) is 6.58 Å². The molecule has 26 heavy (non-hydrogen) atoms. The SMILES string of the molecule is C=CC[C@](C)(O)C[C@@]12OC(C)(C)O[C@@H]1CCC[C@@H]2O[Si](C)(C)C(C)(C)C. The lowest BCUT2D eigenvalue weighted by Crippen LogP contribution is -2.61. The molecule has 0 spiro atoms. The van der Waals surface area contributed by atoms with Crippen molar-refractivity contribution in [2.75, 3.05) is 0 Å². The van der Waals surface area contributed by atoms with Gasteiger partial charge in [-0.05, 0) is 64.6 Å². The minimum Gasteiger partial charge on any atom is -0.411 e. The average Bonchev–Trinajstić information content (AvgIpc) is 2.67. The van der Waals surface area contributed by atoms with Crippen LogP contribution in [0.15, 0.2) is 12.7 Å². The van der Waals surface area contributed by atoms with Crippen LogP contribution in [-0.2, 0) is 13.9 Å². The molecular weight excluding hydrogens is 344 g/mol. The summed E-state index contributed by atoms with van der Waals surface area (Å²) < 4.78 is 19.7. The van der Waals surface area contributed by atoms with E-state index in [2.05, 4.69) is 40.4 Å². The van der Waals surface area contributed by atoms with Gasteiger partial charge >= 0.3 is 0 Å².